The minimum Gasteiger partial charge on any atom is -0.480 e. The van der Waals surface area contributed by atoms with E-state index < -0.39 is 24.0 Å². The third kappa shape index (κ3) is 5.34. The molecule has 0 aromatic carbocycles. The van der Waals surface area contributed by atoms with Crippen molar-refractivity contribution >= 4 is 11.9 Å². The number of carbonyl (C=O) groups is 2. The number of ether oxygens (including phenoxy) is 1. The van der Waals surface area contributed by atoms with Gasteiger partial charge in [-0.3, -0.25) is 4.79 Å². The zero-order valence-electron chi connectivity index (χ0n) is 9.10. The number of nitrogens with two attached hydrogens (primary N) is 1. The standard InChI is InChI=1S/C10H16N2O4/c1-3-4-7(11)9(13)12-8(10(14)15)5-6-16-2/h1,7-8H,4-6,11H2,2H3,(H,12,13)(H,14,15). The Balaban J connectivity index is 4.23. The zero-order chi connectivity index (χ0) is 12.6. The summed E-state index contributed by atoms with van der Waals surface area (Å²) in [7, 11) is 1.45. The van der Waals surface area contributed by atoms with E-state index in [0.29, 0.717) is 0 Å². The molecule has 2 unspecified atom stereocenters. The van der Waals surface area contributed by atoms with Crippen LogP contribution >= 0.6 is 0 Å². The maximum Gasteiger partial charge on any atom is 0.326 e. The molecule has 0 saturated heterocycles. The summed E-state index contributed by atoms with van der Waals surface area (Å²) in [4.78, 5) is 22.1. The number of rotatable bonds is 7. The van der Waals surface area contributed by atoms with Gasteiger partial charge in [-0.05, 0) is 0 Å². The number of nitrogens with one attached hydrogen (secondary N) is 1. The van der Waals surface area contributed by atoms with E-state index in [-0.39, 0.29) is 19.4 Å². The van der Waals surface area contributed by atoms with Crippen LogP contribution in [0.3, 0.4) is 0 Å². The lowest BCUT2D eigenvalue weighted by atomic mass is 10.1. The fourth-order valence-electron chi connectivity index (χ4n) is 0.992. The van der Waals surface area contributed by atoms with Crippen molar-refractivity contribution in [1.29, 1.82) is 0 Å². The van der Waals surface area contributed by atoms with Crippen molar-refractivity contribution in [2.24, 2.45) is 5.73 Å². The molecule has 0 aliphatic carbocycles. The van der Waals surface area contributed by atoms with E-state index in [1.54, 1.807) is 0 Å². The smallest absolute Gasteiger partial charge is 0.326 e. The Bertz CT molecular complexity index is 285. The number of terminal acetylenes is 1. The van der Waals surface area contributed by atoms with Gasteiger partial charge in [0.15, 0.2) is 0 Å². The Morgan fingerprint density at radius 1 is 1.62 bits per heavy atom. The zero-order valence-corrected chi connectivity index (χ0v) is 9.10. The topological polar surface area (TPSA) is 102 Å². The van der Waals surface area contributed by atoms with Gasteiger partial charge in [0.05, 0.1) is 6.04 Å². The minimum absolute atomic E-state index is 0.0719. The van der Waals surface area contributed by atoms with Gasteiger partial charge in [-0.15, -0.1) is 12.3 Å². The first-order valence-electron chi connectivity index (χ1n) is 4.74. The number of carboxylic acid groups (broad SMARTS) is 1. The highest BCUT2D eigenvalue weighted by Gasteiger charge is 2.22. The first-order chi connectivity index (χ1) is 7.52. The van der Waals surface area contributed by atoms with Crippen LogP contribution < -0.4 is 11.1 Å². The van der Waals surface area contributed by atoms with Crippen molar-refractivity contribution in [2.75, 3.05) is 13.7 Å². The molecule has 0 heterocycles. The Morgan fingerprint density at radius 2 is 2.25 bits per heavy atom. The average molecular weight is 228 g/mol. The quantitative estimate of drug-likeness (QED) is 0.482. The highest BCUT2D eigenvalue weighted by atomic mass is 16.5. The van der Waals surface area contributed by atoms with Gasteiger partial charge in [0.25, 0.3) is 0 Å². The first-order valence-corrected chi connectivity index (χ1v) is 4.74. The highest BCUT2D eigenvalue weighted by Crippen LogP contribution is 1.95. The maximum atomic E-state index is 11.4. The molecule has 1 amide bonds. The highest BCUT2D eigenvalue weighted by molar-refractivity contribution is 5.86. The predicted octanol–water partition coefficient (Wildman–Crippen LogP) is -1.06. The summed E-state index contributed by atoms with van der Waals surface area (Å²) in [6.45, 7) is 0.238. The van der Waals surface area contributed by atoms with Crippen LogP contribution in [0.5, 0.6) is 0 Å². The monoisotopic (exact) mass is 228 g/mol. The van der Waals surface area contributed by atoms with Crippen LogP contribution in [-0.4, -0.2) is 42.8 Å². The van der Waals surface area contributed by atoms with Crippen molar-refractivity contribution in [3.8, 4) is 12.3 Å². The summed E-state index contributed by atoms with van der Waals surface area (Å²) < 4.78 is 4.73. The molecular formula is C10H16N2O4. The summed E-state index contributed by atoms with van der Waals surface area (Å²) in [6.07, 6.45) is 5.24. The summed E-state index contributed by atoms with van der Waals surface area (Å²) in [5.41, 5.74) is 5.43. The van der Waals surface area contributed by atoms with Crippen LogP contribution in [-0.2, 0) is 14.3 Å². The summed E-state index contributed by atoms with van der Waals surface area (Å²) in [5.74, 6) is 0.541. The van der Waals surface area contributed by atoms with Crippen molar-refractivity contribution in [1.82, 2.24) is 5.32 Å². The molecule has 0 aliphatic heterocycles. The Morgan fingerprint density at radius 3 is 2.69 bits per heavy atom. The van der Waals surface area contributed by atoms with Gasteiger partial charge in [-0.1, -0.05) is 0 Å². The normalized spacial score (nSPS) is 13.6. The van der Waals surface area contributed by atoms with Gasteiger partial charge in [0.1, 0.15) is 6.04 Å². The van der Waals surface area contributed by atoms with Gasteiger partial charge in [0.2, 0.25) is 5.91 Å². The van der Waals surface area contributed by atoms with Gasteiger partial charge in [-0.2, -0.15) is 0 Å². The minimum atomic E-state index is -1.13. The Hall–Kier alpha value is -1.58. The largest absolute Gasteiger partial charge is 0.480 e. The van der Waals surface area contributed by atoms with E-state index in [1.165, 1.54) is 7.11 Å². The SMILES string of the molecule is C#CCC(N)C(=O)NC(CCOC)C(=O)O. The molecule has 0 spiro atoms. The third-order valence-corrected chi connectivity index (χ3v) is 1.90. The summed E-state index contributed by atoms with van der Waals surface area (Å²) >= 11 is 0. The van der Waals surface area contributed by atoms with Gasteiger partial charge < -0.3 is 20.9 Å². The van der Waals surface area contributed by atoms with Crippen LogP contribution in [0.2, 0.25) is 0 Å². The molecular weight excluding hydrogens is 212 g/mol. The van der Waals surface area contributed by atoms with E-state index in [2.05, 4.69) is 11.2 Å². The van der Waals surface area contributed by atoms with E-state index in [9.17, 15) is 9.59 Å². The van der Waals surface area contributed by atoms with Crippen LogP contribution in [0, 0.1) is 12.3 Å². The Labute approximate surface area is 94.1 Å². The Kier molecular flexibility index (Phi) is 6.92. The molecule has 90 valence electrons. The van der Waals surface area contributed by atoms with Gasteiger partial charge in [-0.25, -0.2) is 4.79 Å². The fraction of sp³-hybridized carbons (Fsp3) is 0.600. The number of hydrogen-bond acceptors (Lipinski definition) is 4. The summed E-state index contributed by atoms with van der Waals surface area (Å²) in [5, 5.41) is 11.1. The molecule has 4 N–H and O–H groups in total. The van der Waals surface area contributed by atoms with E-state index in [0.717, 1.165) is 0 Å². The molecule has 0 radical (unpaired) electrons. The lowest BCUT2D eigenvalue weighted by molar-refractivity contribution is -0.142. The molecule has 0 aromatic rings. The summed E-state index contributed by atoms with van der Waals surface area (Å²) in [6, 6.07) is -1.88. The van der Waals surface area contributed by atoms with Crippen LogP contribution in [0.4, 0.5) is 0 Å². The number of amides is 1. The third-order valence-electron chi connectivity index (χ3n) is 1.90. The van der Waals surface area contributed by atoms with Crippen molar-refractivity contribution < 1.29 is 19.4 Å². The second-order valence-corrected chi connectivity index (χ2v) is 3.20. The molecule has 2 atom stereocenters. The number of aliphatic carboxylic acids is 1. The molecule has 0 aromatic heterocycles. The molecule has 16 heavy (non-hydrogen) atoms. The van der Waals surface area contributed by atoms with Gasteiger partial charge >= 0.3 is 5.97 Å². The van der Waals surface area contributed by atoms with Gasteiger partial charge in [0, 0.05) is 26.6 Å². The van der Waals surface area contributed by atoms with Crippen molar-refractivity contribution in [3.63, 3.8) is 0 Å². The second-order valence-electron chi connectivity index (χ2n) is 3.20. The van der Waals surface area contributed by atoms with Crippen molar-refractivity contribution in [2.45, 2.75) is 24.9 Å². The molecule has 0 bridgehead atoms. The molecule has 6 nitrogen and oxygen atoms in total. The first kappa shape index (κ1) is 14.4. The lowest BCUT2D eigenvalue weighted by Crippen LogP contribution is -2.48. The average Bonchev–Trinajstić information content (AvgIpc) is 2.23. The second kappa shape index (κ2) is 7.68. The molecule has 0 fully saturated rings. The van der Waals surface area contributed by atoms with E-state index in [4.69, 9.17) is 22.0 Å². The van der Waals surface area contributed by atoms with E-state index >= 15 is 0 Å². The number of carboxylic acids is 1. The van der Waals surface area contributed by atoms with E-state index in [1.807, 2.05) is 0 Å². The number of hydrogen-bond donors (Lipinski definition) is 3. The predicted molar refractivity (Wildman–Crippen MR) is 57.5 cm³/mol. The molecule has 6 heteroatoms. The van der Waals surface area contributed by atoms with Crippen LogP contribution in [0.15, 0.2) is 0 Å². The van der Waals surface area contributed by atoms with Crippen molar-refractivity contribution in [3.05, 3.63) is 0 Å². The van der Waals surface area contributed by atoms with Crippen LogP contribution in [0.1, 0.15) is 12.8 Å². The molecule has 0 aliphatic rings. The maximum absolute atomic E-state index is 11.4. The number of methoxy groups -OCH3 is 1. The molecule has 0 saturated carbocycles. The lowest BCUT2D eigenvalue weighted by Gasteiger charge is -2.16. The molecule has 0 rings (SSSR count). The number of carbonyl (C=O) groups excluding carboxylic acids is 1. The fourth-order valence-corrected chi connectivity index (χ4v) is 0.992. The van der Waals surface area contributed by atoms with Crippen LogP contribution in [0.25, 0.3) is 0 Å².